The summed E-state index contributed by atoms with van der Waals surface area (Å²) >= 11 is 0. The van der Waals surface area contributed by atoms with Crippen LogP contribution < -0.4 is 0 Å². The van der Waals surface area contributed by atoms with Crippen LogP contribution in [-0.2, 0) is 0 Å². The van der Waals surface area contributed by atoms with Crippen molar-refractivity contribution in [3.05, 3.63) is 176 Å². The van der Waals surface area contributed by atoms with Gasteiger partial charge in [0, 0.05) is 27.5 Å². The van der Waals surface area contributed by atoms with Gasteiger partial charge in [0.2, 0.25) is 0 Å². The number of furan rings is 1. The second-order valence-corrected chi connectivity index (χ2v) is 12.8. The zero-order chi connectivity index (χ0) is 33.7. The molecule has 0 N–H and O–H groups in total. The molecule has 0 atom stereocenters. The Morgan fingerprint density at radius 3 is 1.71 bits per heavy atom. The SMILES string of the molecule is c1ccc(-c2cccc(-c3nc(-c4ccc5c(c4)oc4cc(-c6ccccc6)c6ccccc6c45)nc(-c4cccc5ccccc45)n3)c2)cc1. The third-order valence-corrected chi connectivity index (χ3v) is 9.72. The second kappa shape index (κ2) is 11.9. The van der Waals surface area contributed by atoms with E-state index in [-0.39, 0.29) is 0 Å². The van der Waals surface area contributed by atoms with E-state index in [2.05, 4.69) is 164 Å². The molecule has 10 aromatic rings. The van der Waals surface area contributed by atoms with Crippen molar-refractivity contribution in [2.45, 2.75) is 0 Å². The van der Waals surface area contributed by atoms with E-state index in [4.69, 9.17) is 19.4 Å². The standard InChI is InChI=1S/C47H29N3O/c1-3-13-30(14-4-1)33-19-11-20-34(27-33)45-48-46(50-47(49-45)39-24-12-18-31-17-7-8-21-36(31)39)35-25-26-40-42(28-35)51-43-29-41(32-15-5-2-6-16-32)37-22-9-10-23-38(37)44(40)43/h1-29H. The van der Waals surface area contributed by atoms with Gasteiger partial charge in [0.05, 0.1) is 0 Å². The van der Waals surface area contributed by atoms with Gasteiger partial charge in [0.1, 0.15) is 11.2 Å². The van der Waals surface area contributed by atoms with Crippen molar-refractivity contribution in [3.63, 3.8) is 0 Å². The molecule has 0 fully saturated rings. The molecule has 0 bridgehead atoms. The summed E-state index contributed by atoms with van der Waals surface area (Å²) in [5.41, 5.74) is 8.94. The van der Waals surface area contributed by atoms with Crippen LogP contribution in [-0.4, -0.2) is 15.0 Å². The van der Waals surface area contributed by atoms with Gasteiger partial charge in [-0.05, 0) is 68.1 Å². The van der Waals surface area contributed by atoms with Gasteiger partial charge in [-0.3, -0.25) is 0 Å². The van der Waals surface area contributed by atoms with Gasteiger partial charge in [0.15, 0.2) is 17.5 Å². The number of hydrogen-bond donors (Lipinski definition) is 0. The van der Waals surface area contributed by atoms with E-state index in [0.717, 1.165) is 71.7 Å². The molecule has 0 aliphatic rings. The lowest BCUT2D eigenvalue weighted by atomic mass is 9.95. The maximum Gasteiger partial charge on any atom is 0.164 e. The molecular weight excluding hydrogens is 623 g/mol. The fraction of sp³-hybridized carbons (Fsp3) is 0. The van der Waals surface area contributed by atoms with Crippen molar-refractivity contribution < 1.29 is 4.42 Å². The Morgan fingerprint density at radius 2 is 0.902 bits per heavy atom. The Kier molecular flexibility index (Phi) is 6.78. The summed E-state index contributed by atoms with van der Waals surface area (Å²) in [4.78, 5) is 15.4. The van der Waals surface area contributed by atoms with Gasteiger partial charge in [-0.15, -0.1) is 0 Å². The molecule has 0 spiro atoms. The Labute approximate surface area is 294 Å². The molecule has 0 aliphatic heterocycles. The summed E-state index contributed by atoms with van der Waals surface area (Å²) in [7, 11) is 0. The van der Waals surface area contributed by atoms with Crippen LogP contribution in [0.15, 0.2) is 180 Å². The van der Waals surface area contributed by atoms with Gasteiger partial charge in [0.25, 0.3) is 0 Å². The average Bonchev–Trinajstić information content (AvgIpc) is 3.59. The minimum atomic E-state index is 0.588. The van der Waals surface area contributed by atoms with Gasteiger partial charge in [-0.25, -0.2) is 15.0 Å². The van der Waals surface area contributed by atoms with Crippen molar-refractivity contribution in [1.29, 1.82) is 0 Å². The monoisotopic (exact) mass is 651 g/mol. The number of hydrogen-bond acceptors (Lipinski definition) is 4. The predicted molar refractivity (Wildman–Crippen MR) is 209 cm³/mol. The molecule has 0 aliphatic carbocycles. The largest absolute Gasteiger partial charge is 0.456 e. The van der Waals surface area contributed by atoms with Gasteiger partial charge < -0.3 is 4.42 Å². The van der Waals surface area contributed by atoms with Crippen LogP contribution in [0.2, 0.25) is 0 Å². The van der Waals surface area contributed by atoms with Crippen molar-refractivity contribution in [3.8, 4) is 56.4 Å². The molecule has 2 aromatic heterocycles. The Morgan fingerprint density at radius 1 is 0.314 bits per heavy atom. The predicted octanol–water partition coefficient (Wildman–Crippen LogP) is 12.4. The number of nitrogens with zero attached hydrogens (tertiary/aromatic N) is 3. The van der Waals surface area contributed by atoms with Gasteiger partial charge >= 0.3 is 0 Å². The first-order valence-corrected chi connectivity index (χ1v) is 17.1. The molecule has 0 saturated heterocycles. The highest BCUT2D eigenvalue weighted by atomic mass is 16.3. The molecule has 0 unspecified atom stereocenters. The van der Waals surface area contributed by atoms with Gasteiger partial charge in [-0.2, -0.15) is 0 Å². The topological polar surface area (TPSA) is 51.8 Å². The maximum atomic E-state index is 6.67. The van der Waals surface area contributed by atoms with E-state index in [1.54, 1.807) is 0 Å². The van der Waals surface area contributed by atoms with Crippen LogP contribution in [0.1, 0.15) is 0 Å². The fourth-order valence-electron chi connectivity index (χ4n) is 7.28. The van der Waals surface area contributed by atoms with Crippen molar-refractivity contribution in [2.75, 3.05) is 0 Å². The van der Waals surface area contributed by atoms with E-state index in [0.29, 0.717) is 17.5 Å². The zero-order valence-corrected chi connectivity index (χ0v) is 27.5. The van der Waals surface area contributed by atoms with E-state index < -0.39 is 0 Å². The molecule has 4 nitrogen and oxygen atoms in total. The molecule has 51 heavy (non-hydrogen) atoms. The molecule has 0 radical (unpaired) electrons. The van der Waals surface area contributed by atoms with Crippen molar-refractivity contribution in [1.82, 2.24) is 15.0 Å². The van der Waals surface area contributed by atoms with E-state index in [1.165, 1.54) is 10.8 Å². The zero-order valence-electron chi connectivity index (χ0n) is 27.5. The third-order valence-electron chi connectivity index (χ3n) is 9.72. The smallest absolute Gasteiger partial charge is 0.164 e. The Hall–Kier alpha value is -6.91. The van der Waals surface area contributed by atoms with Gasteiger partial charge in [-0.1, -0.05) is 152 Å². The molecule has 0 saturated carbocycles. The van der Waals surface area contributed by atoms with Crippen LogP contribution in [0.5, 0.6) is 0 Å². The minimum absolute atomic E-state index is 0.588. The molecular formula is C47H29N3O. The summed E-state index contributed by atoms with van der Waals surface area (Å²) in [5.74, 6) is 1.83. The minimum Gasteiger partial charge on any atom is -0.456 e. The first-order valence-electron chi connectivity index (χ1n) is 17.1. The number of rotatable bonds is 5. The first kappa shape index (κ1) is 29.0. The number of aromatic nitrogens is 3. The van der Waals surface area contributed by atoms with Crippen LogP contribution in [0, 0.1) is 0 Å². The maximum absolute atomic E-state index is 6.67. The normalized spacial score (nSPS) is 11.5. The molecule has 238 valence electrons. The van der Waals surface area contributed by atoms with Crippen molar-refractivity contribution in [2.24, 2.45) is 0 Å². The molecule has 4 heteroatoms. The summed E-state index contributed by atoms with van der Waals surface area (Å²) in [6.45, 7) is 0. The van der Waals surface area contributed by atoms with Crippen molar-refractivity contribution >= 4 is 43.5 Å². The van der Waals surface area contributed by atoms with Crippen LogP contribution in [0.25, 0.3) is 99.9 Å². The van der Waals surface area contributed by atoms with Crippen LogP contribution in [0.3, 0.4) is 0 Å². The molecule has 10 rings (SSSR count). The highest BCUT2D eigenvalue weighted by Gasteiger charge is 2.18. The van der Waals surface area contributed by atoms with E-state index in [9.17, 15) is 0 Å². The average molecular weight is 652 g/mol. The van der Waals surface area contributed by atoms with E-state index in [1.807, 2.05) is 12.1 Å². The first-order chi connectivity index (χ1) is 25.3. The third kappa shape index (κ3) is 5.04. The fourth-order valence-corrected chi connectivity index (χ4v) is 7.28. The highest BCUT2D eigenvalue weighted by Crippen LogP contribution is 2.41. The number of fused-ring (bicyclic) bond motifs is 6. The summed E-state index contributed by atoms with van der Waals surface area (Å²) in [5, 5.41) is 6.76. The van der Waals surface area contributed by atoms with Crippen LogP contribution in [0.4, 0.5) is 0 Å². The number of benzene rings is 8. The summed E-state index contributed by atoms with van der Waals surface area (Å²) in [6.07, 6.45) is 0. The molecule has 2 heterocycles. The molecule has 8 aromatic carbocycles. The highest BCUT2D eigenvalue weighted by molar-refractivity contribution is 6.22. The lowest BCUT2D eigenvalue weighted by Gasteiger charge is -2.11. The second-order valence-electron chi connectivity index (χ2n) is 12.8. The lowest BCUT2D eigenvalue weighted by Crippen LogP contribution is -2.00. The van der Waals surface area contributed by atoms with E-state index >= 15 is 0 Å². The van der Waals surface area contributed by atoms with Crippen LogP contribution >= 0.6 is 0 Å². The molecule has 0 amide bonds. The Balaban J connectivity index is 1.18. The Bertz CT molecular complexity index is 2910. The lowest BCUT2D eigenvalue weighted by molar-refractivity contribution is 0.669. The summed E-state index contributed by atoms with van der Waals surface area (Å²) in [6, 6.07) is 61.0. The quantitative estimate of drug-likeness (QED) is 0.186. The summed E-state index contributed by atoms with van der Waals surface area (Å²) < 4.78 is 6.67.